The number of aldehydes is 1. The molecule has 1 aromatic rings. The van der Waals surface area contributed by atoms with E-state index in [0.717, 1.165) is 6.42 Å². The molecule has 0 N–H and O–H groups in total. The summed E-state index contributed by atoms with van der Waals surface area (Å²) < 4.78 is 5.72. The molecule has 80 valence electrons. The van der Waals surface area contributed by atoms with Gasteiger partial charge in [0.1, 0.15) is 5.75 Å². The number of hydrogen-bond donors (Lipinski definition) is 0. The van der Waals surface area contributed by atoms with Gasteiger partial charge in [-0.15, -0.1) is 0 Å². The lowest BCUT2D eigenvalue weighted by atomic mass is 10.2. The summed E-state index contributed by atoms with van der Waals surface area (Å²) in [7, 11) is 0. The van der Waals surface area contributed by atoms with Gasteiger partial charge in [0.05, 0.1) is 0 Å². The SMILES string of the molecule is CCCC(=O)Oc1ccc(Br)c(C=O)c1. The van der Waals surface area contributed by atoms with E-state index in [1.807, 2.05) is 6.92 Å². The first-order valence-electron chi connectivity index (χ1n) is 4.62. The highest BCUT2D eigenvalue weighted by Gasteiger charge is 2.05. The summed E-state index contributed by atoms with van der Waals surface area (Å²) in [5, 5.41) is 0. The smallest absolute Gasteiger partial charge is 0.311 e. The summed E-state index contributed by atoms with van der Waals surface area (Å²) in [6, 6.07) is 4.85. The van der Waals surface area contributed by atoms with Crippen LogP contribution in [0.5, 0.6) is 5.75 Å². The van der Waals surface area contributed by atoms with Crippen molar-refractivity contribution in [3.05, 3.63) is 28.2 Å². The third kappa shape index (κ3) is 3.47. The van der Waals surface area contributed by atoms with Gasteiger partial charge >= 0.3 is 5.97 Å². The third-order valence-corrected chi connectivity index (χ3v) is 2.50. The van der Waals surface area contributed by atoms with Crippen molar-refractivity contribution in [1.82, 2.24) is 0 Å². The van der Waals surface area contributed by atoms with E-state index in [9.17, 15) is 9.59 Å². The minimum Gasteiger partial charge on any atom is -0.427 e. The van der Waals surface area contributed by atoms with Crippen LogP contribution in [0.1, 0.15) is 30.1 Å². The molecule has 0 aliphatic heterocycles. The Morgan fingerprint density at radius 2 is 2.27 bits per heavy atom. The number of halogens is 1. The Morgan fingerprint density at radius 1 is 1.53 bits per heavy atom. The van der Waals surface area contributed by atoms with Gasteiger partial charge in [0, 0.05) is 16.5 Å². The van der Waals surface area contributed by atoms with Crippen molar-refractivity contribution in [2.75, 3.05) is 0 Å². The first kappa shape index (κ1) is 11.9. The molecule has 0 saturated heterocycles. The number of esters is 1. The summed E-state index contributed by atoms with van der Waals surface area (Å²) >= 11 is 3.22. The fourth-order valence-corrected chi connectivity index (χ4v) is 1.40. The fourth-order valence-electron chi connectivity index (χ4n) is 1.06. The van der Waals surface area contributed by atoms with Gasteiger partial charge in [0.25, 0.3) is 0 Å². The topological polar surface area (TPSA) is 43.4 Å². The highest BCUT2D eigenvalue weighted by Crippen LogP contribution is 2.21. The average molecular weight is 271 g/mol. The van der Waals surface area contributed by atoms with Gasteiger partial charge in [-0.05, 0) is 24.6 Å². The molecule has 0 fully saturated rings. The number of carbonyl (C=O) groups is 2. The van der Waals surface area contributed by atoms with Crippen LogP contribution < -0.4 is 4.74 Å². The largest absolute Gasteiger partial charge is 0.427 e. The number of hydrogen-bond acceptors (Lipinski definition) is 3. The third-order valence-electron chi connectivity index (χ3n) is 1.78. The van der Waals surface area contributed by atoms with E-state index in [0.29, 0.717) is 28.5 Å². The van der Waals surface area contributed by atoms with Crippen molar-refractivity contribution in [1.29, 1.82) is 0 Å². The van der Waals surface area contributed by atoms with Crippen molar-refractivity contribution in [2.45, 2.75) is 19.8 Å². The molecule has 0 aromatic heterocycles. The minimum atomic E-state index is -0.281. The molecule has 0 aliphatic rings. The molecule has 0 atom stereocenters. The monoisotopic (exact) mass is 270 g/mol. The number of rotatable bonds is 4. The zero-order valence-corrected chi connectivity index (χ0v) is 9.91. The second kappa shape index (κ2) is 5.66. The normalized spacial score (nSPS) is 9.73. The van der Waals surface area contributed by atoms with Crippen molar-refractivity contribution in [2.24, 2.45) is 0 Å². The van der Waals surface area contributed by atoms with Gasteiger partial charge in [-0.1, -0.05) is 22.9 Å². The first-order chi connectivity index (χ1) is 7.17. The van der Waals surface area contributed by atoms with E-state index in [4.69, 9.17) is 4.74 Å². The Hall–Kier alpha value is -1.16. The Labute approximate surface area is 96.6 Å². The van der Waals surface area contributed by atoms with E-state index in [1.54, 1.807) is 12.1 Å². The van der Waals surface area contributed by atoms with Crippen LogP contribution in [0.4, 0.5) is 0 Å². The van der Waals surface area contributed by atoms with E-state index < -0.39 is 0 Å². The zero-order valence-electron chi connectivity index (χ0n) is 8.33. The molecule has 0 aliphatic carbocycles. The van der Waals surface area contributed by atoms with Crippen LogP contribution >= 0.6 is 15.9 Å². The molecule has 3 nitrogen and oxygen atoms in total. The highest BCUT2D eigenvalue weighted by atomic mass is 79.9. The van der Waals surface area contributed by atoms with Crippen LogP contribution in [0.3, 0.4) is 0 Å². The van der Waals surface area contributed by atoms with E-state index in [-0.39, 0.29) is 5.97 Å². The molecule has 1 rings (SSSR count). The van der Waals surface area contributed by atoms with Crippen molar-refractivity contribution < 1.29 is 14.3 Å². The second-order valence-electron chi connectivity index (χ2n) is 3.03. The molecule has 0 unspecified atom stereocenters. The average Bonchev–Trinajstić information content (AvgIpc) is 2.21. The molecule has 0 bridgehead atoms. The molecule has 0 amide bonds. The number of benzene rings is 1. The second-order valence-corrected chi connectivity index (χ2v) is 3.88. The van der Waals surface area contributed by atoms with E-state index in [2.05, 4.69) is 15.9 Å². The van der Waals surface area contributed by atoms with Gasteiger partial charge in [-0.3, -0.25) is 9.59 Å². The maximum Gasteiger partial charge on any atom is 0.311 e. The first-order valence-corrected chi connectivity index (χ1v) is 5.42. The predicted octanol–water partition coefficient (Wildman–Crippen LogP) is 2.97. The van der Waals surface area contributed by atoms with Crippen molar-refractivity contribution >= 4 is 28.2 Å². The molecular weight excluding hydrogens is 260 g/mol. The van der Waals surface area contributed by atoms with Crippen LogP contribution in [0, 0.1) is 0 Å². The molecular formula is C11H11BrO3. The van der Waals surface area contributed by atoms with Gasteiger partial charge < -0.3 is 4.74 Å². The molecule has 0 spiro atoms. The van der Waals surface area contributed by atoms with Gasteiger partial charge in [-0.2, -0.15) is 0 Å². The maximum atomic E-state index is 11.2. The Morgan fingerprint density at radius 3 is 2.87 bits per heavy atom. The van der Waals surface area contributed by atoms with Crippen molar-refractivity contribution in [3.63, 3.8) is 0 Å². The molecule has 0 heterocycles. The van der Waals surface area contributed by atoms with Crippen LogP contribution in [0.15, 0.2) is 22.7 Å². The number of ether oxygens (including phenoxy) is 1. The lowest BCUT2D eigenvalue weighted by Crippen LogP contribution is -2.07. The van der Waals surface area contributed by atoms with Crippen LogP contribution in [-0.4, -0.2) is 12.3 Å². The van der Waals surface area contributed by atoms with Gasteiger partial charge in [0.2, 0.25) is 0 Å². The van der Waals surface area contributed by atoms with Crippen LogP contribution in [0.25, 0.3) is 0 Å². The lowest BCUT2D eigenvalue weighted by Gasteiger charge is -2.04. The number of carbonyl (C=O) groups excluding carboxylic acids is 2. The standard InChI is InChI=1S/C11H11BrO3/c1-2-3-11(14)15-9-4-5-10(12)8(6-9)7-13/h4-7H,2-3H2,1H3. The summed E-state index contributed by atoms with van der Waals surface area (Å²) in [6.07, 6.45) is 1.84. The predicted molar refractivity (Wildman–Crippen MR) is 60.1 cm³/mol. The fraction of sp³-hybridized carbons (Fsp3) is 0.273. The zero-order chi connectivity index (χ0) is 11.3. The molecule has 4 heteroatoms. The van der Waals surface area contributed by atoms with Gasteiger partial charge in [0.15, 0.2) is 6.29 Å². The lowest BCUT2D eigenvalue weighted by molar-refractivity contribution is -0.134. The summed E-state index contributed by atoms with van der Waals surface area (Å²) in [4.78, 5) is 21.8. The molecule has 0 saturated carbocycles. The van der Waals surface area contributed by atoms with E-state index in [1.165, 1.54) is 6.07 Å². The van der Waals surface area contributed by atoms with E-state index >= 15 is 0 Å². The maximum absolute atomic E-state index is 11.2. The van der Waals surface area contributed by atoms with Crippen molar-refractivity contribution in [3.8, 4) is 5.75 Å². The molecule has 1 aromatic carbocycles. The van der Waals surface area contributed by atoms with Crippen LogP contribution in [0.2, 0.25) is 0 Å². The summed E-state index contributed by atoms with van der Waals surface area (Å²) in [5.74, 6) is 0.121. The highest BCUT2D eigenvalue weighted by molar-refractivity contribution is 9.10. The van der Waals surface area contributed by atoms with Crippen LogP contribution in [-0.2, 0) is 4.79 Å². The van der Waals surface area contributed by atoms with Gasteiger partial charge in [-0.25, -0.2) is 0 Å². The summed E-state index contributed by atoms with van der Waals surface area (Å²) in [5.41, 5.74) is 0.469. The Kier molecular flexibility index (Phi) is 4.49. The molecule has 15 heavy (non-hydrogen) atoms. The Balaban J connectivity index is 2.78. The summed E-state index contributed by atoms with van der Waals surface area (Å²) in [6.45, 7) is 1.90. The minimum absolute atomic E-state index is 0.281. The molecule has 0 radical (unpaired) electrons. The quantitative estimate of drug-likeness (QED) is 0.480. The Bertz CT molecular complexity index is 374.